The number of fused-ring (bicyclic) bond motifs is 1. The van der Waals surface area contributed by atoms with E-state index in [4.69, 9.17) is 27.9 Å². The van der Waals surface area contributed by atoms with Crippen LogP contribution in [0.3, 0.4) is 0 Å². The standard InChI is InChI=1S/C17H19Cl2NO3/c1-20-14(10-7-11(18)9-12(19)8-10)17(16(22)23-2)6-4-3-5-13(17)15(20)21/h7-9,13-14H,3-6H2,1-2H3/t13?,14-,17+/m0/s1. The molecule has 4 nitrogen and oxygen atoms in total. The average molecular weight is 356 g/mol. The second-order valence-corrected chi connectivity index (χ2v) is 7.26. The molecule has 0 spiro atoms. The number of carbonyl (C=O) groups excluding carboxylic acids is 2. The first-order valence-corrected chi connectivity index (χ1v) is 8.48. The Bertz CT molecular complexity index is 643. The predicted octanol–water partition coefficient (Wildman–Crippen LogP) is 3.86. The van der Waals surface area contributed by atoms with Gasteiger partial charge in [0.1, 0.15) is 5.41 Å². The highest BCUT2D eigenvalue weighted by atomic mass is 35.5. The lowest BCUT2D eigenvalue weighted by Gasteiger charge is -2.39. The quantitative estimate of drug-likeness (QED) is 0.756. The Balaban J connectivity index is 2.18. The first-order valence-electron chi connectivity index (χ1n) is 7.73. The lowest BCUT2D eigenvalue weighted by Crippen LogP contribution is -2.44. The molecule has 1 aliphatic carbocycles. The molecule has 1 saturated carbocycles. The molecule has 0 bridgehead atoms. The third-order valence-electron chi connectivity index (χ3n) is 5.24. The number of halogens is 2. The Morgan fingerprint density at radius 1 is 1.26 bits per heavy atom. The summed E-state index contributed by atoms with van der Waals surface area (Å²) in [6, 6.07) is 4.81. The number of hydrogen-bond acceptors (Lipinski definition) is 3. The second-order valence-electron chi connectivity index (χ2n) is 6.38. The van der Waals surface area contributed by atoms with E-state index in [1.54, 1.807) is 30.1 Å². The Kier molecular flexibility index (Phi) is 4.32. The summed E-state index contributed by atoms with van der Waals surface area (Å²) in [6.07, 6.45) is 3.20. The molecule has 1 aromatic carbocycles. The molecule has 1 saturated heterocycles. The van der Waals surface area contributed by atoms with Gasteiger partial charge in [-0.05, 0) is 36.6 Å². The van der Waals surface area contributed by atoms with E-state index in [1.165, 1.54) is 7.11 Å². The number of methoxy groups -OCH3 is 1. The molecule has 3 atom stereocenters. The summed E-state index contributed by atoms with van der Waals surface area (Å²) in [5.41, 5.74) is -0.0690. The minimum Gasteiger partial charge on any atom is -0.469 e. The maximum Gasteiger partial charge on any atom is 0.315 e. The van der Waals surface area contributed by atoms with Gasteiger partial charge in [-0.1, -0.05) is 36.0 Å². The molecule has 1 aliphatic heterocycles. The van der Waals surface area contributed by atoms with Gasteiger partial charge in [0.25, 0.3) is 0 Å². The molecule has 1 unspecified atom stereocenters. The number of rotatable bonds is 2. The normalized spacial score (nSPS) is 30.3. The van der Waals surface area contributed by atoms with E-state index in [1.807, 2.05) is 0 Å². The zero-order chi connectivity index (χ0) is 16.8. The van der Waals surface area contributed by atoms with E-state index in [-0.39, 0.29) is 17.8 Å². The van der Waals surface area contributed by atoms with Crippen molar-refractivity contribution in [1.29, 1.82) is 0 Å². The van der Waals surface area contributed by atoms with Crippen LogP contribution in [0.15, 0.2) is 18.2 Å². The molecule has 1 amide bonds. The number of amides is 1. The average Bonchev–Trinajstić information content (AvgIpc) is 2.75. The van der Waals surface area contributed by atoms with Crippen LogP contribution in [-0.4, -0.2) is 30.9 Å². The smallest absolute Gasteiger partial charge is 0.315 e. The highest BCUT2D eigenvalue weighted by molar-refractivity contribution is 6.34. The highest BCUT2D eigenvalue weighted by Crippen LogP contribution is 2.58. The molecule has 1 heterocycles. The minimum absolute atomic E-state index is 0.00352. The number of likely N-dealkylation sites (tertiary alicyclic amines) is 1. The molecular formula is C17H19Cl2NO3. The third kappa shape index (κ3) is 2.43. The lowest BCUT2D eigenvalue weighted by atomic mass is 9.63. The van der Waals surface area contributed by atoms with Crippen molar-refractivity contribution in [1.82, 2.24) is 4.90 Å². The van der Waals surface area contributed by atoms with Gasteiger partial charge in [0.15, 0.2) is 0 Å². The van der Waals surface area contributed by atoms with Gasteiger partial charge >= 0.3 is 5.97 Å². The molecule has 1 aromatic rings. The summed E-state index contributed by atoms with van der Waals surface area (Å²) in [5, 5.41) is 0.986. The van der Waals surface area contributed by atoms with Crippen molar-refractivity contribution < 1.29 is 14.3 Å². The van der Waals surface area contributed by atoms with Crippen LogP contribution in [0.5, 0.6) is 0 Å². The van der Waals surface area contributed by atoms with Crippen LogP contribution in [0.25, 0.3) is 0 Å². The van der Waals surface area contributed by atoms with Gasteiger partial charge in [0, 0.05) is 17.1 Å². The molecule has 0 N–H and O–H groups in total. The van der Waals surface area contributed by atoms with Crippen molar-refractivity contribution in [2.45, 2.75) is 31.7 Å². The zero-order valence-electron chi connectivity index (χ0n) is 13.1. The SMILES string of the molecule is COC(=O)[C@]12CCCCC1C(=O)N(C)[C@H]2c1cc(Cl)cc(Cl)c1. The third-order valence-corrected chi connectivity index (χ3v) is 5.68. The van der Waals surface area contributed by atoms with Crippen molar-refractivity contribution >= 4 is 35.1 Å². The molecule has 23 heavy (non-hydrogen) atoms. The number of carbonyl (C=O) groups is 2. The van der Waals surface area contributed by atoms with Gasteiger partial charge in [-0.2, -0.15) is 0 Å². The van der Waals surface area contributed by atoms with Crippen LogP contribution in [0.1, 0.15) is 37.3 Å². The van der Waals surface area contributed by atoms with Crippen LogP contribution in [0.4, 0.5) is 0 Å². The fourth-order valence-corrected chi connectivity index (χ4v) is 4.93. The van der Waals surface area contributed by atoms with Gasteiger partial charge in [-0.25, -0.2) is 0 Å². The first kappa shape index (κ1) is 16.6. The minimum atomic E-state index is -0.854. The summed E-state index contributed by atoms with van der Waals surface area (Å²) < 4.78 is 5.12. The van der Waals surface area contributed by atoms with E-state index in [9.17, 15) is 9.59 Å². The summed E-state index contributed by atoms with van der Waals surface area (Å²) in [6.45, 7) is 0. The zero-order valence-corrected chi connectivity index (χ0v) is 14.7. The number of benzene rings is 1. The molecule has 0 aromatic heterocycles. The Morgan fingerprint density at radius 3 is 2.52 bits per heavy atom. The van der Waals surface area contributed by atoms with Crippen molar-refractivity contribution in [2.75, 3.05) is 14.2 Å². The van der Waals surface area contributed by atoms with Crippen LogP contribution in [0, 0.1) is 11.3 Å². The first-order chi connectivity index (χ1) is 10.9. The summed E-state index contributed by atoms with van der Waals surface area (Å²) in [5.74, 6) is -0.659. The van der Waals surface area contributed by atoms with E-state index in [2.05, 4.69) is 0 Å². The molecule has 2 aliphatic rings. The summed E-state index contributed by atoms with van der Waals surface area (Å²) >= 11 is 12.3. The van der Waals surface area contributed by atoms with Gasteiger partial charge in [-0.15, -0.1) is 0 Å². The maximum absolute atomic E-state index is 12.8. The van der Waals surface area contributed by atoms with Crippen LogP contribution < -0.4 is 0 Å². The van der Waals surface area contributed by atoms with E-state index in [0.717, 1.165) is 18.4 Å². The van der Waals surface area contributed by atoms with E-state index in [0.29, 0.717) is 22.9 Å². The summed E-state index contributed by atoms with van der Waals surface area (Å²) in [4.78, 5) is 27.2. The molecule has 124 valence electrons. The lowest BCUT2D eigenvalue weighted by molar-refractivity contribution is -0.160. The number of nitrogens with zero attached hydrogens (tertiary/aromatic N) is 1. The fraction of sp³-hybridized carbons (Fsp3) is 0.529. The maximum atomic E-state index is 12.8. The molecule has 0 radical (unpaired) electrons. The highest BCUT2D eigenvalue weighted by Gasteiger charge is 2.63. The van der Waals surface area contributed by atoms with Gasteiger partial charge < -0.3 is 9.64 Å². The predicted molar refractivity (Wildman–Crippen MR) is 88.4 cm³/mol. The van der Waals surface area contributed by atoms with Crippen LogP contribution >= 0.6 is 23.2 Å². The Hall–Kier alpha value is -1.26. The van der Waals surface area contributed by atoms with Gasteiger partial charge in [0.05, 0.1) is 19.1 Å². The molecule has 3 rings (SSSR count). The van der Waals surface area contributed by atoms with Gasteiger partial charge in [0.2, 0.25) is 5.91 Å². The van der Waals surface area contributed by atoms with Crippen LogP contribution in [0.2, 0.25) is 10.0 Å². The molecular weight excluding hydrogens is 337 g/mol. The van der Waals surface area contributed by atoms with E-state index < -0.39 is 11.5 Å². The Morgan fingerprint density at radius 2 is 1.91 bits per heavy atom. The Labute approximate surface area is 145 Å². The monoisotopic (exact) mass is 355 g/mol. The fourth-order valence-electron chi connectivity index (χ4n) is 4.39. The topological polar surface area (TPSA) is 46.6 Å². The van der Waals surface area contributed by atoms with Crippen molar-refractivity contribution in [2.24, 2.45) is 11.3 Å². The van der Waals surface area contributed by atoms with Crippen molar-refractivity contribution in [3.8, 4) is 0 Å². The number of ether oxygens (including phenoxy) is 1. The number of hydrogen-bond donors (Lipinski definition) is 0. The van der Waals surface area contributed by atoms with Gasteiger partial charge in [-0.3, -0.25) is 9.59 Å². The van der Waals surface area contributed by atoms with E-state index >= 15 is 0 Å². The summed E-state index contributed by atoms with van der Waals surface area (Å²) in [7, 11) is 3.12. The van der Waals surface area contributed by atoms with Crippen molar-refractivity contribution in [3.63, 3.8) is 0 Å². The van der Waals surface area contributed by atoms with Crippen molar-refractivity contribution in [3.05, 3.63) is 33.8 Å². The molecule has 6 heteroatoms. The largest absolute Gasteiger partial charge is 0.469 e. The second kappa shape index (κ2) is 5.99. The molecule has 2 fully saturated rings. The number of esters is 1. The van der Waals surface area contributed by atoms with Crippen LogP contribution in [-0.2, 0) is 14.3 Å².